The van der Waals surface area contributed by atoms with Gasteiger partial charge in [0.1, 0.15) is 5.76 Å². The molecule has 1 aromatic carbocycles. The van der Waals surface area contributed by atoms with Gasteiger partial charge in [0.05, 0.1) is 12.8 Å². The normalized spacial score (nSPS) is 10.2. The monoisotopic (exact) mass is 335 g/mol. The minimum atomic E-state index is -0.160. The topological polar surface area (TPSA) is 59.3 Å². The SMILES string of the molecule is O=C(CCC(=O)c1ccc(Br)cc1)NCc1ccco1. The molecule has 2 rings (SSSR count). The molecule has 0 bridgehead atoms. The second kappa shape index (κ2) is 7.05. The van der Waals surface area contributed by atoms with Gasteiger partial charge in [-0.15, -0.1) is 0 Å². The minimum Gasteiger partial charge on any atom is -0.467 e. The van der Waals surface area contributed by atoms with Gasteiger partial charge in [0, 0.05) is 22.9 Å². The average molecular weight is 336 g/mol. The molecule has 1 aromatic heterocycles. The molecule has 104 valence electrons. The summed E-state index contributed by atoms with van der Waals surface area (Å²) in [5, 5.41) is 2.71. The maximum atomic E-state index is 11.9. The number of nitrogens with one attached hydrogen (secondary N) is 1. The number of hydrogen-bond donors (Lipinski definition) is 1. The van der Waals surface area contributed by atoms with Crippen LogP contribution in [-0.4, -0.2) is 11.7 Å². The van der Waals surface area contributed by atoms with E-state index in [4.69, 9.17) is 4.42 Å². The van der Waals surface area contributed by atoms with Crippen molar-refractivity contribution >= 4 is 27.6 Å². The molecule has 0 atom stereocenters. The van der Waals surface area contributed by atoms with E-state index in [0.717, 1.165) is 4.47 Å². The van der Waals surface area contributed by atoms with Crippen LogP contribution < -0.4 is 5.32 Å². The number of halogens is 1. The lowest BCUT2D eigenvalue weighted by atomic mass is 10.1. The second-order valence-corrected chi connectivity index (χ2v) is 5.20. The Kier molecular flexibility index (Phi) is 5.12. The standard InChI is InChI=1S/C15H14BrNO3/c16-12-5-3-11(4-6-12)14(18)7-8-15(19)17-10-13-2-1-9-20-13/h1-6,9H,7-8,10H2,(H,17,19). The fourth-order valence-corrected chi connectivity index (χ4v) is 1.96. The van der Waals surface area contributed by atoms with Crippen LogP contribution in [0.3, 0.4) is 0 Å². The highest BCUT2D eigenvalue weighted by Crippen LogP contribution is 2.12. The third-order valence-electron chi connectivity index (χ3n) is 2.79. The zero-order valence-electron chi connectivity index (χ0n) is 10.8. The van der Waals surface area contributed by atoms with Crippen LogP contribution in [0.1, 0.15) is 29.0 Å². The number of furan rings is 1. The lowest BCUT2D eigenvalue weighted by Gasteiger charge is -2.03. The number of Topliss-reactive ketones (excluding diaryl/α,β-unsaturated/α-hetero) is 1. The molecule has 0 aliphatic carbocycles. The van der Waals surface area contributed by atoms with E-state index in [1.165, 1.54) is 0 Å². The lowest BCUT2D eigenvalue weighted by molar-refractivity contribution is -0.121. The molecule has 0 aliphatic rings. The number of benzene rings is 1. The van der Waals surface area contributed by atoms with Crippen molar-refractivity contribution in [3.63, 3.8) is 0 Å². The molecule has 4 nitrogen and oxygen atoms in total. The number of ketones is 1. The largest absolute Gasteiger partial charge is 0.467 e. The van der Waals surface area contributed by atoms with Crippen molar-refractivity contribution < 1.29 is 14.0 Å². The smallest absolute Gasteiger partial charge is 0.220 e. The molecule has 2 aromatic rings. The molecule has 1 heterocycles. The van der Waals surface area contributed by atoms with Gasteiger partial charge >= 0.3 is 0 Å². The Morgan fingerprint density at radius 3 is 2.50 bits per heavy atom. The Morgan fingerprint density at radius 1 is 1.10 bits per heavy atom. The van der Waals surface area contributed by atoms with Gasteiger partial charge in [-0.05, 0) is 24.3 Å². The maximum absolute atomic E-state index is 11.9. The Labute approximate surface area is 125 Å². The molecule has 20 heavy (non-hydrogen) atoms. The molecule has 0 spiro atoms. The summed E-state index contributed by atoms with van der Waals surface area (Å²) in [6.07, 6.45) is 1.93. The van der Waals surface area contributed by atoms with Crippen LogP contribution in [-0.2, 0) is 11.3 Å². The number of amides is 1. The Morgan fingerprint density at radius 2 is 1.85 bits per heavy atom. The van der Waals surface area contributed by atoms with Crippen molar-refractivity contribution in [3.05, 3.63) is 58.5 Å². The summed E-state index contributed by atoms with van der Waals surface area (Å²) in [6, 6.07) is 10.7. The lowest BCUT2D eigenvalue weighted by Crippen LogP contribution is -2.23. The quantitative estimate of drug-likeness (QED) is 0.823. The minimum absolute atomic E-state index is 0.0364. The van der Waals surface area contributed by atoms with Crippen molar-refractivity contribution in [3.8, 4) is 0 Å². The van der Waals surface area contributed by atoms with Gasteiger partial charge in [-0.25, -0.2) is 0 Å². The molecule has 1 N–H and O–H groups in total. The van der Waals surface area contributed by atoms with E-state index in [0.29, 0.717) is 17.9 Å². The molecule has 5 heteroatoms. The van der Waals surface area contributed by atoms with Gasteiger partial charge in [-0.1, -0.05) is 28.1 Å². The van der Waals surface area contributed by atoms with Crippen LogP contribution in [0, 0.1) is 0 Å². The first-order valence-corrected chi connectivity index (χ1v) is 7.02. The third kappa shape index (κ3) is 4.35. The van der Waals surface area contributed by atoms with Crippen LogP contribution in [0.2, 0.25) is 0 Å². The van der Waals surface area contributed by atoms with Crippen molar-refractivity contribution in [1.29, 1.82) is 0 Å². The summed E-state index contributed by atoms with van der Waals surface area (Å²) in [4.78, 5) is 23.5. The maximum Gasteiger partial charge on any atom is 0.220 e. The van der Waals surface area contributed by atoms with Gasteiger partial charge in [-0.2, -0.15) is 0 Å². The predicted octanol–water partition coefficient (Wildman–Crippen LogP) is 3.32. The van der Waals surface area contributed by atoms with Crippen LogP contribution in [0.4, 0.5) is 0 Å². The first-order chi connectivity index (χ1) is 9.65. The second-order valence-electron chi connectivity index (χ2n) is 4.29. The average Bonchev–Trinajstić information content (AvgIpc) is 2.96. The predicted molar refractivity (Wildman–Crippen MR) is 78.3 cm³/mol. The van der Waals surface area contributed by atoms with E-state index in [1.54, 1.807) is 30.5 Å². The highest BCUT2D eigenvalue weighted by Gasteiger charge is 2.09. The van der Waals surface area contributed by atoms with E-state index in [9.17, 15) is 9.59 Å². The van der Waals surface area contributed by atoms with Gasteiger partial charge in [0.15, 0.2) is 5.78 Å². The Hall–Kier alpha value is -1.88. The zero-order chi connectivity index (χ0) is 14.4. The molecule has 0 fully saturated rings. The van der Waals surface area contributed by atoms with Crippen LogP contribution in [0.25, 0.3) is 0 Å². The van der Waals surface area contributed by atoms with Crippen LogP contribution in [0.5, 0.6) is 0 Å². The van der Waals surface area contributed by atoms with Gasteiger partial charge in [0.25, 0.3) is 0 Å². The molecule has 0 aliphatic heterocycles. The summed E-state index contributed by atoms with van der Waals surface area (Å²) < 4.78 is 6.03. The van der Waals surface area contributed by atoms with Crippen LogP contribution >= 0.6 is 15.9 Å². The molecule has 1 amide bonds. The summed E-state index contributed by atoms with van der Waals surface area (Å²) in [7, 11) is 0. The highest BCUT2D eigenvalue weighted by atomic mass is 79.9. The third-order valence-corrected chi connectivity index (χ3v) is 3.31. The van der Waals surface area contributed by atoms with E-state index >= 15 is 0 Å². The fraction of sp³-hybridized carbons (Fsp3) is 0.200. The number of carbonyl (C=O) groups is 2. The van der Waals surface area contributed by atoms with Crippen molar-refractivity contribution in [1.82, 2.24) is 5.32 Å². The van der Waals surface area contributed by atoms with E-state index < -0.39 is 0 Å². The molecule has 0 saturated heterocycles. The summed E-state index contributed by atoms with van der Waals surface area (Å²) in [6.45, 7) is 0.346. The molecule has 0 unspecified atom stereocenters. The van der Waals surface area contributed by atoms with Crippen molar-refractivity contribution in [2.45, 2.75) is 19.4 Å². The number of carbonyl (C=O) groups excluding carboxylic acids is 2. The molecule has 0 saturated carbocycles. The first-order valence-electron chi connectivity index (χ1n) is 6.23. The zero-order valence-corrected chi connectivity index (χ0v) is 12.4. The number of hydrogen-bond acceptors (Lipinski definition) is 3. The molecular formula is C15H14BrNO3. The summed E-state index contributed by atoms with van der Waals surface area (Å²) >= 11 is 3.31. The summed E-state index contributed by atoms with van der Waals surface area (Å²) in [5.74, 6) is 0.495. The van der Waals surface area contributed by atoms with E-state index in [2.05, 4.69) is 21.2 Å². The van der Waals surface area contributed by atoms with Crippen molar-refractivity contribution in [2.24, 2.45) is 0 Å². The Balaban J connectivity index is 1.75. The fourth-order valence-electron chi connectivity index (χ4n) is 1.69. The van der Waals surface area contributed by atoms with E-state index in [1.807, 2.05) is 12.1 Å². The highest BCUT2D eigenvalue weighted by molar-refractivity contribution is 9.10. The van der Waals surface area contributed by atoms with Gasteiger partial charge < -0.3 is 9.73 Å². The Bertz CT molecular complexity index is 576. The molecule has 0 radical (unpaired) electrons. The van der Waals surface area contributed by atoms with Crippen LogP contribution in [0.15, 0.2) is 51.6 Å². The van der Waals surface area contributed by atoms with Gasteiger partial charge in [0.2, 0.25) is 5.91 Å². The van der Waals surface area contributed by atoms with E-state index in [-0.39, 0.29) is 24.5 Å². The first kappa shape index (κ1) is 14.5. The number of rotatable bonds is 6. The van der Waals surface area contributed by atoms with Crippen molar-refractivity contribution in [2.75, 3.05) is 0 Å². The summed E-state index contributed by atoms with van der Waals surface area (Å²) in [5.41, 5.74) is 0.618. The molecular weight excluding hydrogens is 322 g/mol. The van der Waals surface area contributed by atoms with Gasteiger partial charge in [-0.3, -0.25) is 9.59 Å².